The topological polar surface area (TPSA) is 84.9 Å². The van der Waals surface area contributed by atoms with E-state index in [0.717, 1.165) is 5.56 Å². The number of benzene rings is 1. The molecule has 116 valence electrons. The second-order valence-corrected chi connectivity index (χ2v) is 4.61. The van der Waals surface area contributed by atoms with E-state index in [4.69, 9.17) is 14.6 Å². The van der Waals surface area contributed by atoms with E-state index in [1.54, 1.807) is 38.5 Å². The quantitative estimate of drug-likeness (QED) is 0.673. The number of carbonyl (C=O) groups excluding carboxylic acids is 1. The number of hydrogen-bond donors (Lipinski definition) is 2. The average molecular weight is 295 g/mol. The van der Waals surface area contributed by atoms with Gasteiger partial charge in [-0.1, -0.05) is 12.1 Å². The lowest BCUT2D eigenvalue weighted by molar-refractivity contribution is -0.137. The highest BCUT2D eigenvalue weighted by Crippen LogP contribution is 2.25. The molecule has 21 heavy (non-hydrogen) atoms. The van der Waals surface area contributed by atoms with Gasteiger partial charge in [-0.25, -0.2) is 0 Å². The van der Waals surface area contributed by atoms with E-state index in [1.807, 2.05) is 0 Å². The van der Waals surface area contributed by atoms with E-state index < -0.39 is 5.97 Å². The minimum Gasteiger partial charge on any atom is -0.497 e. The summed E-state index contributed by atoms with van der Waals surface area (Å²) in [7, 11) is 3.11. The van der Waals surface area contributed by atoms with Crippen molar-refractivity contribution in [1.29, 1.82) is 0 Å². The van der Waals surface area contributed by atoms with Crippen molar-refractivity contribution in [3.63, 3.8) is 0 Å². The molecule has 0 bridgehead atoms. The van der Waals surface area contributed by atoms with Gasteiger partial charge in [0.1, 0.15) is 5.75 Å². The van der Waals surface area contributed by atoms with E-state index >= 15 is 0 Å². The van der Waals surface area contributed by atoms with Crippen LogP contribution in [0.3, 0.4) is 0 Å². The van der Waals surface area contributed by atoms with E-state index in [-0.39, 0.29) is 24.7 Å². The van der Waals surface area contributed by atoms with Gasteiger partial charge in [0.2, 0.25) is 5.91 Å². The number of carbonyl (C=O) groups is 2. The molecule has 0 aromatic heterocycles. The Labute approximate surface area is 124 Å². The van der Waals surface area contributed by atoms with Crippen LogP contribution in [0.4, 0.5) is 0 Å². The van der Waals surface area contributed by atoms with Crippen molar-refractivity contribution in [2.24, 2.45) is 0 Å². The molecule has 1 rings (SSSR count). The molecule has 0 heterocycles. The van der Waals surface area contributed by atoms with Gasteiger partial charge in [-0.3, -0.25) is 9.59 Å². The van der Waals surface area contributed by atoms with Crippen molar-refractivity contribution in [2.45, 2.75) is 18.8 Å². The summed E-state index contributed by atoms with van der Waals surface area (Å²) in [5, 5.41) is 11.7. The average Bonchev–Trinajstić information content (AvgIpc) is 2.46. The zero-order chi connectivity index (χ0) is 15.7. The second-order valence-electron chi connectivity index (χ2n) is 4.61. The van der Waals surface area contributed by atoms with Gasteiger partial charge in [-0.05, 0) is 17.7 Å². The molecule has 0 aliphatic carbocycles. The van der Waals surface area contributed by atoms with Crippen LogP contribution in [-0.4, -0.2) is 44.4 Å². The summed E-state index contributed by atoms with van der Waals surface area (Å²) in [6.45, 7) is 0.843. The van der Waals surface area contributed by atoms with Gasteiger partial charge in [0, 0.05) is 26.0 Å². The summed E-state index contributed by atoms with van der Waals surface area (Å²) >= 11 is 0. The molecule has 0 fully saturated rings. The Hall–Kier alpha value is -2.08. The SMILES string of the molecule is COCCNC(=O)C[C@@H](CC(=O)O)c1ccc(OC)cc1. The molecular formula is C15H21NO5. The molecule has 0 aliphatic rings. The number of aliphatic carboxylic acids is 1. The smallest absolute Gasteiger partial charge is 0.303 e. The van der Waals surface area contributed by atoms with Crippen LogP contribution in [0.15, 0.2) is 24.3 Å². The lowest BCUT2D eigenvalue weighted by atomic mass is 9.92. The molecule has 1 atom stereocenters. The van der Waals surface area contributed by atoms with Gasteiger partial charge in [0.25, 0.3) is 0 Å². The van der Waals surface area contributed by atoms with Gasteiger partial charge < -0.3 is 19.9 Å². The number of ether oxygens (including phenoxy) is 2. The minimum absolute atomic E-state index is 0.0932. The highest BCUT2D eigenvalue weighted by atomic mass is 16.5. The van der Waals surface area contributed by atoms with Gasteiger partial charge >= 0.3 is 5.97 Å². The summed E-state index contributed by atoms with van der Waals surface area (Å²) in [5.74, 6) is -0.789. The number of nitrogens with one attached hydrogen (secondary N) is 1. The molecule has 6 heteroatoms. The van der Waals surface area contributed by atoms with Crippen LogP contribution >= 0.6 is 0 Å². The fourth-order valence-corrected chi connectivity index (χ4v) is 1.98. The van der Waals surface area contributed by atoms with Gasteiger partial charge in [-0.2, -0.15) is 0 Å². The Morgan fingerprint density at radius 1 is 1.19 bits per heavy atom. The third kappa shape index (κ3) is 6.27. The van der Waals surface area contributed by atoms with E-state index in [9.17, 15) is 9.59 Å². The Morgan fingerprint density at radius 3 is 2.38 bits per heavy atom. The highest BCUT2D eigenvalue weighted by molar-refractivity contribution is 5.78. The predicted molar refractivity (Wildman–Crippen MR) is 77.5 cm³/mol. The fraction of sp³-hybridized carbons (Fsp3) is 0.467. The summed E-state index contributed by atoms with van der Waals surface area (Å²) in [6, 6.07) is 7.09. The number of carboxylic acids is 1. The predicted octanol–water partition coefficient (Wildman–Crippen LogP) is 1.41. The summed E-state index contributed by atoms with van der Waals surface area (Å²) in [5.41, 5.74) is 0.806. The molecule has 2 N–H and O–H groups in total. The third-order valence-electron chi connectivity index (χ3n) is 3.07. The molecule has 0 unspecified atom stereocenters. The van der Waals surface area contributed by atoms with Crippen LogP contribution in [0, 0.1) is 0 Å². The first-order valence-electron chi connectivity index (χ1n) is 6.68. The van der Waals surface area contributed by atoms with Crippen LogP contribution in [0.2, 0.25) is 0 Å². The van der Waals surface area contributed by atoms with Crippen LogP contribution in [0.25, 0.3) is 0 Å². The normalized spacial score (nSPS) is 11.7. The van der Waals surface area contributed by atoms with Crippen molar-refractivity contribution < 1.29 is 24.2 Å². The number of amides is 1. The van der Waals surface area contributed by atoms with Crippen molar-refractivity contribution >= 4 is 11.9 Å². The zero-order valence-electron chi connectivity index (χ0n) is 12.3. The van der Waals surface area contributed by atoms with E-state index in [0.29, 0.717) is 18.9 Å². The first-order valence-corrected chi connectivity index (χ1v) is 6.68. The zero-order valence-corrected chi connectivity index (χ0v) is 12.3. The Kier molecular flexibility index (Phi) is 7.25. The fourth-order valence-electron chi connectivity index (χ4n) is 1.98. The van der Waals surface area contributed by atoms with Crippen LogP contribution in [0.1, 0.15) is 24.3 Å². The number of hydrogen-bond acceptors (Lipinski definition) is 4. The maximum absolute atomic E-state index is 11.8. The molecule has 0 spiro atoms. The minimum atomic E-state index is -0.930. The lowest BCUT2D eigenvalue weighted by Crippen LogP contribution is -2.28. The van der Waals surface area contributed by atoms with Crippen molar-refractivity contribution in [3.05, 3.63) is 29.8 Å². The summed E-state index contributed by atoms with van der Waals surface area (Å²) in [6.07, 6.45) is 0.0341. The molecule has 1 aromatic rings. The van der Waals surface area contributed by atoms with Crippen LogP contribution < -0.4 is 10.1 Å². The molecular weight excluding hydrogens is 274 g/mol. The summed E-state index contributed by atoms with van der Waals surface area (Å²) < 4.78 is 9.92. The van der Waals surface area contributed by atoms with Crippen LogP contribution in [-0.2, 0) is 14.3 Å². The largest absolute Gasteiger partial charge is 0.497 e. The molecule has 0 radical (unpaired) electrons. The van der Waals surface area contributed by atoms with Gasteiger partial charge in [-0.15, -0.1) is 0 Å². The summed E-state index contributed by atoms with van der Waals surface area (Å²) in [4.78, 5) is 22.8. The van der Waals surface area contributed by atoms with Crippen molar-refractivity contribution in [1.82, 2.24) is 5.32 Å². The van der Waals surface area contributed by atoms with Crippen LogP contribution in [0.5, 0.6) is 5.75 Å². The molecule has 0 saturated heterocycles. The highest BCUT2D eigenvalue weighted by Gasteiger charge is 2.19. The monoisotopic (exact) mass is 295 g/mol. The third-order valence-corrected chi connectivity index (χ3v) is 3.07. The lowest BCUT2D eigenvalue weighted by Gasteiger charge is -2.15. The van der Waals surface area contributed by atoms with Gasteiger partial charge in [0.15, 0.2) is 0 Å². The number of carboxylic acid groups (broad SMARTS) is 1. The second kappa shape index (κ2) is 8.97. The van der Waals surface area contributed by atoms with Crippen molar-refractivity contribution in [2.75, 3.05) is 27.4 Å². The maximum Gasteiger partial charge on any atom is 0.303 e. The number of rotatable bonds is 9. The van der Waals surface area contributed by atoms with Gasteiger partial charge in [0.05, 0.1) is 20.1 Å². The maximum atomic E-state index is 11.8. The first-order chi connectivity index (χ1) is 10.1. The Balaban J connectivity index is 2.70. The van der Waals surface area contributed by atoms with E-state index in [2.05, 4.69) is 5.32 Å². The Bertz CT molecular complexity index is 458. The molecule has 1 amide bonds. The molecule has 1 aromatic carbocycles. The molecule has 0 saturated carbocycles. The standard InChI is InChI=1S/C15H21NO5/c1-20-8-7-16-14(17)9-12(10-15(18)19)11-3-5-13(21-2)6-4-11/h3-6,12H,7-10H2,1-2H3,(H,16,17)(H,18,19)/t12-/m0/s1. The molecule has 0 aliphatic heterocycles. The first kappa shape index (κ1) is 17.0. The number of methoxy groups -OCH3 is 2. The van der Waals surface area contributed by atoms with E-state index in [1.165, 1.54) is 0 Å². The van der Waals surface area contributed by atoms with Crippen molar-refractivity contribution in [3.8, 4) is 5.75 Å². The Morgan fingerprint density at radius 2 is 1.86 bits per heavy atom. The molecule has 6 nitrogen and oxygen atoms in total.